The highest BCUT2D eigenvalue weighted by Gasteiger charge is 2.04. The van der Waals surface area contributed by atoms with Crippen LogP contribution in [0.25, 0.3) is 0 Å². The molecule has 0 aromatic rings. The van der Waals surface area contributed by atoms with E-state index in [1.807, 2.05) is 0 Å². The third kappa shape index (κ3) is 8.17. The molecular formula is C14H26. The van der Waals surface area contributed by atoms with Crippen molar-refractivity contribution in [2.45, 2.75) is 71.6 Å². The van der Waals surface area contributed by atoms with Crippen LogP contribution in [0.1, 0.15) is 71.6 Å². The van der Waals surface area contributed by atoms with Crippen molar-refractivity contribution in [1.29, 1.82) is 0 Å². The molecule has 0 aliphatic carbocycles. The van der Waals surface area contributed by atoms with Gasteiger partial charge in [0.2, 0.25) is 0 Å². The predicted octanol–water partition coefficient (Wildman–Crippen LogP) is 4.79. The summed E-state index contributed by atoms with van der Waals surface area (Å²) in [4.78, 5) is 0. The van der Waals surface area contributed by atoms with Gasteiger partial charge in [-0.15, -0.1) is 12.3 Å². The number of terminal acetylenes is 1. The summed E-state index contributed by atoms with van der Waals surface area (Å²) >= 11 is 0. The Morgan fingerprint density at radius 3 is 2.29 bits per heavy atom. The van der Waals surface area contributed by atoms with Gasteiger partial charge in [-0.05, 0) is 18.8 Å². The molecule has 14 heavy (non-hydrogen) atoms. The van der Waals surface area contributed by atoms with Crippen LogP contribution in [0.4, 0.5) is 0 Å². The molecule has 0 aliphatic rings. The third-order valence-electron chi connectivity index (χ3n) is 2.98. The first kappa shape index (κ1) is 13.6. The molecule has 0 spiro atoms. The molecular weight excluding hydrogens is 168 g/mol. The molecule has 0 amide bonds. The van der Waals surface area contributed by atoms with Crippen LogP contribution in [0.15, 0.2) is 0 Å². The molecule has 0 saturated carbocycles. The van der Waals surface area contributed by atoms with Gasteiger partial charge in [-0.25, -0.2) is 0 Å². The van der Waals surface area contributed by atoms with Crippen LogP contribution in [-0.2, 0) is 0 Å². The minimum atomic E-state index is 0.931. The van der Waals surface area contributed by atoms with Crippen LogP contribution in [-0.4, -0.2) is 0 Å². The molecule has 0 bridgehead atoms. The van der Waals surface area contributed by atoms with Crippen LogP contribution in [0.2, 0.25) is 0 Å². The zero-order chi connectivity index (χ0) is 10.6. The van der Waals surface area contributed by atoms with E-state index in [1.54, 1.807) is 0 Å². The summed E-state index contributed by atoms with van der Waals surface area (Å²) in [6.07, 6.45) is 17.1. The molecule has 0 heteroatoms. The van der Waals surface area contributed by atoms with Crippen LogP contribution >= 0.6 is 0 Å². The van der Waals surface area contributed by atoms with Crippen molar-refractivity contribution < 1.29 is 0 Å². The lowest BCUT2D eigenvalue weighted by Crippen LogP contribution is -1.98. The predicted molar refractivity (Wildman–Crippen MR) is 65.2 cm³/mol. The summed E-state index contributed by atoms with van der Waals surface area (Å²) in [5.74, 6) is 3.65. The minimum absolute atomic E-state index is 0.931. The molecule has 0 fully saturated rings. The second-order valence-corrected chi connectivity index (χ2v) is 4.22. The molecule has 0 aliphatic heterocycles. The summed E-state index contributed by atoms with van der Waals surface area (Å²) in [6.45, 7) is 4.57. The molecule has 1 atom stereocenters. The van der Waals surface area contributed by atoms with Crippen molar-refractivity contribution in [3.8, 4) is 12.3 Å². The normalized spacial score (nSPS) is 12.4. The number of hydrogen-bond donors (Lipinski definition) is 0. The van der Waals surface area contributed by atoms with Gasteiger partial charge in [-0.1, -0.05) is 52.4 Å². The quantitative estimate of drug-likeness (QED) is 0.366. The van der Waals surface area contributed by atoms with E-state index >= 15 is 0 Å². The van der Waals surface area contributed by atoms with E-state index in [4.69, 9.17) is 6.42 Å². The van der Waals surface area contributed by atoms with Crippen LogP contribution in [0, 0.1) is 18.3 Å². The molecule has 0 rings (SSSR count). The lowest BCUT2D eigenvalue weighted by molar-refractivity contribution is 0.405. The highest BCUT2D eigenvalue weighted by atomic mass is 14.1. The van der Waals surface area contributed by atoms with E-state index in [2.05, 4.69) is 19.8 Å². The van der Waals surface area contributed by atoms with Crippen LogP contribution < -0.4 is 0 Å². The van der Waals surface area contributed by atoms with E-state index in [9.17, 15) is 0 Å². The lowest BCUT2D eigenvalue weighted by atomic mass is 9.93. The molecule has 0 saturated heterocycles. The molecule has 0 heterocycles. The van der Waals surface area contributed by atoms with E-state index in [1.165, 1.54) is 51.4 Å². The number of rotatable bonds is 9. The van der Waals surface area contributed by atoms with Crippen molar-refractivity contribution in [1.82, 2.24) is 0 Å². The molecule has 82 valence electrons. The van der Waals surface area contributed by atoms with Gasteiger partial charge in [0.1, 0.15) is 0 Å². The fraction of sp³-hybridized carbons (Fsp3) is 0.857. The maximum absolute atomic E-state index is 5.25. The van der Waals surface area contributed by atoms with Gasteiger partial charge in [-0.2, -0.15) is 0 Å². The Balaban J connectivity index is 3.34. The van der Waals surface area contributed by atoms with Crippen LogP contribution in [0.5, 0.6) is 0 Å². The Morgan fingerprint density at radius 2 is 1.71 bits per heavy atom. The Morgan fingerprint density at radius 1 is 1.00 bits per heavy atom. The van der Waals surface area contributed by atoms with Gasteiger partial charge in [0.05, 0.1) is 0 Å². The summed E-state index contributed by atoms with van der Waals surface area (Å²) in [6, 6.07) is 0. The Kier molecular flexibility index (Phi) is 10.3. The van der Waals surface area contributed by atoms with Crippen molar-refractivity contribution in [2.75, 3.05) is 0 Å². The average molecular weight is 194 g/mol. The lowest BCUT2D eigenvalue weighted by Gasteiger charge is -2.13. The largest absolute Gasteiger partial charge is 0.120 e. The average Bonchev–Trinajstić information content (AvgIpc) is 2.22. The summed E-state index contributed by atoms with van der Waals surface area (Å²) in [7, 11) is 0. The first-order chi connectivity index (χ1) is 6.85. The molecule has 0 radical (unpaired) electrons. The zero-order valence-electron chi connectivity index (χ0n) is 10.0. The van der Waals surface area contributed by atoms with E-state index in [0.717, 1.165) is 12.3 Å². The van der Waals surface area contributed by atoms with Gasteiger partial charge in [0, 0.05) is 6.42 Å². The Hall–Kier alpha value is -0.440. The van der Waals surface area contributed by atoms with E-state index in [-0.39, 0.29) is 0 Å². The van der Waals surface area contributed by atoms with E-state index < -0.39 is 0 Å². The van der Waals surface area contributed by atoms with Crippen molar-refractivity contribution in [2.24, 2.45) is 5.92 Å². The molecule has 0 aromatic heterocycles. The summed E-state index contributed by atoms with van der Waals surface area (Å²) in [5, 5.41) is 0. The van der Waals surface area contributed by atoms with Crippen molar-refractivity contribution in [3.63, 3.8) is 0 Å². The van der Waals surface area contributed by atoms with Gasteiger partial charge in [0.15, 0.2) is 0 Å². The smallest absolute Gasteiger partial charge is 0.00861 e. The fourth-order valence-electron chi connectivity index (χ4n) is 1.91. The zero-order valence-corrected chi connectivity index (χ0v) is 10.0. The maximum atomic E-state index is 5.25. The van der Waals surface area contributed by atoms with Gasteiger partial charge in [0.25, 0.3) is 0 Å². The molecule has 1 unspecified atom stereocenters. The first-order valence-electron chi connectivity index (χ1n) is 6.28. The van der Waals surface area contributed by atoms with Crippen molar-refractivity contribution >= 4 is 0 Å². The Labute approximate surface area is 90.5 Å². The molecule has 0 aromatic carbocycles. The Bertz CT molecular complexity index is 141. The second-order valence-electron chi connectivity index (χ2n) is 4.22. The minimum Gasteiger partial charge on any atom is -0.120 e. The highest BCUT2D eigenvalue weighted by molar-refractivity contribution is 4.83. The van der Waals surface area contributed by atoms with Crippen molar-refractivity contribution in [3.05, 3.63) is 0 Å². The molecule has 0 nitrogen and oxygen atoms in total. The standard InChI is InChI=1S/C14H26/c1-4-7-9-11-13-14(6-3)12-10-8-5-2/h2,14H,4,6-13H2,1,3H3. The van der Waals surface area contributed by atoms with Gasteiger partial charge < -0.3 is 0 Å². The second kappa shape index (κ2) is 10.6. The SMILES string of the molecule is C#CCCCC(CC)CCCCCC. The third-order valence-corrected chi connectivity index (χ3v) is 2.98. The highest BCUT2D eigenvalue weighted by Crippen LogP contribution is 2.19. The van der Waals surface area contributed by atoms with E-state index in [0.29, 0.717) is 0 Å². The van der Waals surface area contributed by atoms with Gasteiger partial charge in [-0.3, -0.25) is 0 Å². The monoisotopic (exact) mass is 194 g/mol. The number of unbranched alkanes of at least 4 members (excludes halogenated alkanes) is 4. The first-order valence-corrected chi connectivity index (χ1v) is 6.28. The molecule has 0 N–H and O–H groups in total. The maximum Gasteiger partial charge on any atom is 0.00861 e. The number of hydrogen-bond acceptors (Lipinski definition) is 0. The topological polar surface area (TPSA) is 0 Å². The van der Waals surface area contributed by atoms with Crippen LogP contribution in [0.3, 0.4) is 0 Å². The fourth-order valence-corrected chi connectivity index (χ4v) is 1.91. The summed E-state index contributed by atoms with van der Waals surface area (Å²) in [5.41, 5.74) is 0. The van der Waals surface area contributed by atoms with Gasteiger partial charge >= 0.3 is 0 Å². The summed E-state index contributed by atoms with van der Waals surface area (Å²) < 4.78 is 0.